The highest BCUT2D eigenvalue weighted by atomic mass is 32.2. The Balaban J connectivity index is 2.27. The molecule has 2 aromatic rings. The molecule has 0 bridgehead atoms. The molecule has 140 valence electrons. The van der Waals surface area contributed by atoms with Crippen LogP contribution in [-0.4, -0.2) is 27.6 Å². The number of aryl methyl sites for hydroxylation is 3. The fourth-order valence-corrected chi connectivity index (χ4v) is 3.49. The lowest BCUT2D eigenvalue weighted by Gasteiger charge is -2.21. The molecule has 0 fully saturated rings. The van der Waals surface area contributed by atoms with E-state index in [1.165, 1.54) is 16.9 Å². The minimum atomic E-state index is -3.39. The van der Waals surface area contributed by atoms with Gasteiger partial charge in [0, 0.05) is 12.6 Å². The van der Waals surface area contributed by atoms with Crippen molar-refractivity contribution in [2.24, 2.45) is 0 Å². The zero-order chi connectivity index (χ0) is 19.6. The van der Waals surface area contributed by atoms with Crippen molar-refractivity contribution in [2.75, 3.05) is 17.6 Å². The van der Waals surface area contributed by atoms with E-state index in [2.05, 4.69) is 11.4 Å². The normalized spacial score (nSPS) is 12.5. The SMILES string of the molecule is Cc1ccc([C@H](C)NC(=O)c2ccc(C)c(N(C)S(C)(=O)=O)c2)c(C)c1. The van der Waals surface area contributed by atoms with Crippen LogP contribution in [-0.2, 0) is 10.0 Å². The van der Waals surface area contributed by atoms with E-state index in [0.29, 0.717) is 11.3 Å². The van der Waals surface area contributed by atoms with Crippen molar-refractivity contribution in [3.63, 3.8) is 0 Å². The first-order chi connectivity index (χ1) is 12.0. The molecule has 1 amide bonds. The van der Waals surface area contributed by atoms with Gasteiger partial charge in [-0.25, -0.2) is 8.42 Å². The monoisotopic (exact) mass is 374 g/mol. The molecular formula is C20H26N2O3S. The first-order valence-corrected chi connectivity index (χ1v) is 10.3. The van der Waals surface area contributed by atoms with Crippen molar-refractivity contribution in [2.45, 2.75) is 33.7 Å². The lowest BCUT2D eigenvalue weighted by atomic mass is 10.00. The number of rotatable bonds is 5. The summed E-state index contributed by atoms with van der Waals surface area (Å²) in [7, 11) is -1.91. The molecule has 2 aromatic carbocycles. The van der Waals surface area contributed by atoms with Crippen LogP contribution in [0.2, 0.25) is 0 Å². The van der Waals surface area contributed by atoms with E-state index in [1.54, 1.807) is 18.2 Å². The maximum absolute atomic E-state index is 12.7. The number of carbonyl (C=O) groups excluding carboxylic acids is 1. The first kappa shape index (κ1) is 20.0. The number of hydrogen-bond acceptors (Lipinski definition) is 3. The summed E-state index contributed by atoms with van der Waals surface area (Å²) >= 11 is 0. The zero-order valence-electron chi connectivity index (χ0n) is 16.1. The molecule has 26 heavy (non-hydrogen) atoms. The third-order valence-electron chi connectivity index (χ3n) is 4.55. The molecule has 0 aliphatic carbocycles. The van der Waals surface area contributed by atoms with Crippen LogP contribution in [0.5, 0.6) is 0 Å². The van der Waals surface area contributed by atoms with Crippen LogP contribution >= 0.6 is 0 Å². The third kappa shape index (κ3) is 4.43. The average Bonchev–Trinajstić information content (AvgIpc) is 2.53. The fourth-order valence-electron chi connectivity index (χ4n) is 2.94. The molecule has 0 heterocycles. The topological polar surface area (TPSA) is 66.5 Å². The van der Waals surface area contributed by atoms with Crippen LogP contribution in [0.25, 0.3) is 0 Å². The van der Waals surface area contributed by atoms with E-state index in [9.17, 15) is 13.2 Å². The van der Waals surface area contributed by atoms with Crippen LogP contribution < -0.4 is 9.62 Å². The lowest BCUT2D eigenvalue weighted by molar-refractivity contribution is 0.0940. The molecule has 0 aromatic heterocycles. The summed E-state index contributed by atoms with van der Waals surface area (Å²) in [6, 6.07) is 11.1. The Morgan fingerprint density at radius 3 is 2.27 bits per heavy atom. The van der Waals surface area contributed by atoms with Gasteiger partial charge in [-0.05, 0) is 56.5 Å². The second kappa shape index (κ2) is 7.50. The minimum Gasteiger partial charge on any atom is -0.346 e. The van der Waals surface area contributed by atoms with Crippen LogP contribution in [0.1, 0.15) is 45.6 Å². The maximum Gasteiger partial charge on any atom is 0.251 e. The molecule has 0 aliphatic rings. The van der Waals surface area contributed by atoms with Gasteiger partial charge in [0.15, 0.2) is 0 Å². The van der Waals surface area contributed by atoms with Gasteiger partial charge in [-0.3, -0.25) is 9.10 Å². The number of amides is 1. The van der Waals surface area contributed by atoms with Crippen molar-refractivity contribution >= 4 is 21.6 Å². The fraction of sp³-hybridized carbons (Fsp3) is 0.350. The van der Waals surface area contributed by atoms with Gasteiger partial charge in [-0.1, -0.05) is 29.8 Å². The number of anilines is 1. The van der Waals surface area contributed by atoms with E-state index >= 15 is 0 Å². The smallest absolute Gasteiger partial charge is 0.251 e. The van der Waals surface area contributed by atoms with E-state index in [1.807, 2.05) is 39.8 Å². The summed E-state index contributed by atoms with van der Waals surface area (Å²) in [6.07, 6.45) is 1.14. The quantitative estimate of drug-likeness (QED) is 0.871. The standard InChI is InChI=1S/C20H26N2O3S/c1-13-7-10-18(15(3)11-13)16(4)21-20(23)17-9-8-14(2)19(12-17)22(5)26(6,24)25/h7-12,16H,1-6H3,(H,21,23)/t16-/m0/s1. The van der Waals surface area contributed by atoms with Gasteiger partial charge < -0.3 is 5.32 Å². The summed E-state index contributed by atoms with van der Waals surface area (Å²) in [5.74, 6) is -0.236. The van der Waals surface area contributed by atoms with Crippen LogP contribution in [0, 0.1) is 20.8 Å². The molecule has 0 saturated heterocycles. The highest BCUT2D eigenvalue weighted by Gasteiger charge is 2.18. The highest BCUT2D eigenvalue weighted by Crippen LogP contribution is 2.24. The van der Waals surface area contributed by atoms with Crippen molar-refractivity contribution in [1.82, 2.24) is 5.32 Å². The highest BCUT2D eigenvalue weighted by molar-refractivity contribution is 7.92. The second-order valence-electron chi connectivity index (χ2n) is 6.79. The van der Waals surface area contributed by atoms with Gasteiger partial charge >= 0.3 is 0 Å². The predicted octanol–water partition coefficient (Wildman–Crippen LogP) is 3.50. The van der Waals surface area contributed by atoms with E-state index < -0.39 is 10.0 Å². The van der Waals surface area contributed by atoms with Gasteiger partial charge in [0.2, 0.25) is 10.0 Å². The number of hydrogen-bond donors (Lipinski definition) is 1. The molecule has 1 N–H and O–H groups in total. The summed E-state index contributed by atoms with van der Waals surface area (Å²) in [4.78, 5) is 12.7. The molecular weight excluding hydrogens is 348 g/mol. The Bertz CT molecular complexity index is 936. The van der Waals surface area contributed by atoms with Gasteiger partial charge in [0.1, 0.15) is 0 Å². The number of nitrogens with zero attached hydrogens (tertiary/aromatic N) is 1. The lowest BCUT2D eigenvalue weighted by Crippen LogP contribution is -2.28. The Labute approximate surface area is 156 Å². The first-order valence-electron chi connectivity index (χ1n) is 8.43. The van der Waals surface area contributed by atoms with Crippen LogP contribution in [0.15, 0.2) is 36.4 Å². The van der Waals surface area contributed by atoms with Gasteiger partial charge in [-0.2, -0.15) is 0 Å². The maximum atomic E-state index is 12.7. The Kier molecular flexibility index (Phi) is 5.76. The zero-order valence-corrected chi connectivity index (χ0v) is 16.9. The summed E-state index contributed by atoms with van der Waals surface area (Å²) < 4.78 is 24.8. The number of benzene rings is 2. The predicted molar refractivity (Wildman–Crippen MR) is 106 cm³/mol. The van der Waals surface area contributed by atoms with Crippen molar-refractivity contribution in [3.05, 3.63) is 64.2 Å². The summed E-state index contributed by atoms with van der Waals surface area (Å²) in [5, 5.41) is 2.99. The van der Waals surface area contributed by atoms with Gasteiger partial charge in [0.25, 0.3) is 5.91 Å². The van der Waals surface area contributed by atoms with E-state index in [4.69, 9.17) is 0 Å². The van der Waals surface area contributed by atoms with Crippen molar-refractivity contribution in [1.29, 1.82) is 0 Å². The Morgan fingerprint density at radius 1 is 1.04 bits per heavy atom. The molecule has 0 aliphatic heterocycles. The molecule has 0 unspecified atom stereocenters. The van der Waals surface area contributed by atoms with E-state index in [-0.39, 0.29) is 11.9 Å². The number of nitrogens with one attached hydrogen (secondary N) is 1. The van der Waals surface area contributed by atoms with Gasteiger partial charge in [0.05, 0.1) is 18.0 Å². The van der Waals surface area contributed by atoms with Crippen molar-refractivity contribution < 1.29 is 13.2 Å². The second-order valence-corrected chi connectivity index (χ2v) is 8.80. The molecule has 1 atom stereocenters. The van der Waals surface area contributed by atoms with Crippen molar-refractivity contribution in [3.8, 4) is 0 Å². The van der Waals surface area contributed by atoms with Crippen LogP contribution in [0.3, 0.4) is 0 Å². The average molecular weight is 375 g/mol. The summed E-state index contributed by atoms with van der Waals surface area (Å²) in [5.41, 5.74) is 5.08. The van der Waals surface area contributed by atoms with E-state index in [0.717, 1.165) is 22.9 Å². The Morgan fingerprint density at radius 2 is 1.69 bits per heavy atom. The molecule has 6 heteroatoms. The van der Waals surface area contributed by atoms with Gasteiger partial charge in [-0.15, -0.1) is 0 Å². The molecule has 0 radical (unpaired) electrons. The number of carbonyl (C=O) groups is 1. The molecule has 0 spiro atoms. The molecule has 5 nitrogen and oxygen atoms in total. The third-order valence-corrected chi connectivity index (χ3v) is 5.74. The summed E-state index contributed by atoms with van der Waals surface area (Å²) in [6.45, 7) is 7.81. The molecule has 0 saturated carbocycles. The minimum absolute atomic E-state index is 0.152. The molecule has 2 rings (SSSR count). The number of sulfonamides is 1. The van der Waals surface area contributed by atoms with Crippen LogP contribution in [0.4, 0.5) is 5.69 Å². The Hall–Kier alpha value is -2.34. The largest absolute Gasteiger partial charge is 0.346 e.